The fourth-order valence-electron chi connectivity index (χ4n) is 3.40. The molecule has 1 aromatic carbocycles. The molecule has 0 saturated carbocycles. The molecule has 2 aromatic rings. The van der Waals surface area contributed by atoms with E-state index in [0.29, 0.717) is 18.7 Å². The van der Waals surface area contributed by atoms with Gasteiger partial charge in [-0.2, -0.15) is 0 Å². The molecular formula is C20H27N3O4. The number of para-hydroxylation sites is 1. The van der Waals surface area contributed by atoms with Crippen molar-refractivity contribution in [1.29, 1.82) is 0 Å². The highest BCUT2D eigenvalue weighted by atomic mass is 16.7. The van der Waals surface area contributed by atoms with Crippen LogP contribution < -0.4 is 5.56 Å². The van der Waals surface area contributed by atoms with Crippen LogP contribution in [0.15, 0.2) is 35.1 Å². The summed E-state index contributed by atoms with van der Waals surface area (Å²) in [6, 6.07) is 9.47. The van der Waals surface area contributed by atoms with Gasteiger partial charge in [-0.15, -0.1) is 0 Å². The van der Waals surface area contributed by atoms with Crippen molar-refractivity contribution in [2.75, 3.05) is 13.2 Å². The van der Waals surface area contributed by atoms with Crippen molar-refractivity contribution in [3.05, 3.63) is 51.9 Å². The molecule has 1 aliphatic rings. The summed E-state index contributed by atoms with van der Waals surface area (Å²) < 4.78 is 14.9. The van der Waals surface area contributed by atoms with Crippen LogP contribution in [0.1, 0.15) is 32.0 Å². The number of carbonyl (C=O) groups excluding carboxylic acids is 1. The van der Waals surface area contributed by atoms with Gasteiger partial charge in [0.1, 0.15) is 6.10 Å². The molecule has 7 nitrogen and oxygen atoms in total. The third kappa shape index (κ3) is 3.99. The molecule has 0 bridgehead atoms. The van der Waals surface area contributed by atoms with Crippen LogP contribution in [0.5, 0.6) is 0 Å². The summed E-state index contributed by atoms with van der Waals surface area (Å²) in [7, 11) is 1.85. The lowest BCUT2D eigenvalue weighted by atomic mass is 10.2. The average molecular weight is 373 g/mol. The summed E-state index contributed by atoms with van der Waals surface area (Å²) in [4.78, 5) is 26.9. The van der Waals surface area contributed by atoms with Crippen LogP contribution in [-0.2, 0) is 27.9 Å². The van der Waals surface area contributed by atoms with E-state index in [9.17, 15) is 9.59 Å². The van der Waals surface area contributed by atoms with Crippen LogP contribution in [0.2, 0.25) is 0 Å². The van der Waals surface area contributed by atoms with Gasteiger partial charge in [-0.3, -0.25) is 14.3 Å². The Morgan fingerprint density at radius 2 is 1.96 bits per heavy atom. The summed E-state index contributed by atoms with van der Waals surface area (Å²) in [5.74, 6) is -0.743. The van der Waals surface area contributed by atoms with Crippen molar-refractivity contribution in [2.45, 2.75) is 46.1 Å². The zero-order valence-corrected chi connectivity index (χ0v) is 16.6. The number of rotatable bonds is 5. The molecule has 1 unspecified atom stereocenters. The van der Waals surface area contributed by atoms with Gasteiger partial charge in [0.05, 0.1) is 24.4 Å². The zero-order valence-electron chi connectivity index (χ0n) is 16.6. The molecule has 146 valence electrons. The number of hydrogen-bond donors (Lipinski definition) is 0. The molecule has 0 radical (unpaired) electrons. The Labute approximate surface area is 159 Å². The normalized spacial score (nSPS) is 18.6. The standard InChI is InChI=1S/C20H27N3O4/c1-14-18(19(25)23(21(14)5)16-9-7-6-8-10-16)12-22(15(2)24)11-17-13-26-20(3,4)27-17/h6-10,17H,11-13H2,1-5H3. The number of aromatic nitrogens is 2. The van der Waals surface area contributed by atoms with Crippen molar-refractivity contribution >= 4 is 5.91 Å². The summed E-state index contributed by atoms with van der Waals surface area (Å²) in [5, 5.41) is 0. The minimum atomic E-state index is -0.643. The van der Waals surface area contributed by atoms with E-state index in [1.54, 1.807) is 9.58 Å². The van der Waals surface area contributed by atoms with Gasteiger partial charge in [-0.1, -0.05) is 18.2 Å². The Kier molecular flexibility index (Phi) is 5.26. The highest BCUT2D eigenvalue weighted by molar-refractivity contribution is 5.73. The first kappa shape index (κ1) is 19.4. The first-order valence-electron chi connectivity index (χ1n) is 9.10. The molecule has 1 aromatic heterocycles. The maximum Gasteiger partial charge on any atom is 0.276 e. The summed E-state index contributed by atoms with van der Waals surface area (Å²) in [6.45, 7) is 8.17. The Hall–Kier alpha value is -2.38. The monoisotopic (exact) mass is 373 g/mol. The van der Waals surface area contributed by atoms with E-state index >= 15 is 0 Å². The second-order valence-corrected chi connectivity index (χ2v) is 7.39. The number of carbonyl (C=O) groups is 1. The van der Waals surface area contributed by atoms with Gasteiger partial charge in [0, 0.05) is 26.2 Å². The van der Waals surface area contributed by atoms with E-state index < -0.39 is 5.79 Å². The van der Waals surface area contributed by atoms with E-state index in [0.717, 1.165) is 11.4 Å². The minimum Gasteiger partial charge on any atom is -0.348 e. The van der Waals surface area contributed by atoms with Crippen LogP contribution in [0.3, 0.4) is 0 Å². The Morgan fingerprint density at radius 1 is 1.30 bits per heavy atom. The van der Waals surface area contributed by atoms with Crippen LogP contribution in [0, 0.1) is 6.92 Å². The molecule has 1 amide bonds. The van der Waals surface area contributed by atoms with Crippen LogP contribution in [0.25, 0.3) is 5.69 Å². The molecule has 2 heterocycles. The predicted molar refractivity (Wildman–Crippen MR) is 102 cm³/mol. The van der Waals surface area contributed by atoms with Crippen molar-refractivity contribution in [2.24, 2.45) is 7.05 Å². The number of benzene rings is 1. The lowest BCUT2D eigenvalue weighted by Gasteiger charge is -2.24. The smallest absolute Gasteiger partial charge is 0.276 e. The first-order valence-corrected chi connectivity index (χ1v) is 9.10. The summed E-state index contributed by atoms with van der Waals surface area (Å²) in [6.07, 6.45) is -0.204. The summed E-state index contributed by atoms with van der Waals surface area (Å²) in [5.41, 5.74) is 2.12. The van der Waals surface area contributed by atoms with Gasteiger partial charge < -0.3 is 14.4 Å². The first-order chi connectivity index (χ1) is 12.7. The highest BCUT2D eigenvalue weighted by Crippen LogP contribution is 2.23. The van der Waals surface area contributed by atoms with E-state index in [-0.39, 0.29) is 24.1 Å². The second kappa shape index (κ2) is 7.32. The molecule has 1 aliphatic heterocycles. The predicted octanol–water partition coefficient (Wildman–Crippen LogP) is 1.98. The SMILES string of the molecule is CC(=O)N(Cc1c(C)n(C)n(-c2ccccc2)c1=O)CC1COC(C)(C)O1. The Morgan fingerprint density at radius 3 is 2.52 bits per heavy atom. The molecule has 27 heavy (non-hydrogen) atoms. The van der Waals surface area contributed by atoms with Crippen LogP contribution >= 0.6 is 0 Å². The third-order valence-electron chi connectivity index (χ3n) is 4.96. The van der Waals surface area contributed by atoms with E-state index in [4.69, 9.17) is 9.47 Å². The van der Waals surface area contributed by atoms with Crippen molar-refractivity contribution in [3.63, 3.8) is 0 Å². The van der Waals surface area contributed by atoms with Gasteiger partial charge in [-0.25, -0.2) is 4.68 Å². The molecule has 1 saturated heterocycles. The number of hydrogen-bond acceptors (Lipinski definition) is 4. The maximum atomic E-state index is 13.1. The number of amides is 1. The molecule has 1 fully saturated rings. The van der Waals surface area contributed by atoms with E-state index in [2.05, 4.69) is 0 Å². The molecule has 0 spiro atoms. The van der Waals surface area contributed by atoms with Crippen LogP contribution in [-0.4, -0.2) is 45.2 Å². The number of ether oxygens (including phenoxy) is 2. The largest absolute Gasteiger partial charge is 0.348 e. The molecule has 7 heteroatoms. The van der Waals surface area contributed by atoms with Gasteiger partial charge in [0.15, 0.2) is 5.79 Å². The van der Waals surface area contributed by atoms with Gasteiger partial charge in [0.25, 0.3) is 5.56 Å². The Bertz CT molecular complexity index is 883. The van der Waals surface area contributed by atoms with Gasteiger partial charge >= 0.3 is 0 Å². The molecule has 1 atom stereocenters. The third-order valence-corrected chi connectivity index (χ3v) is 4.96. The minimum absolute atomic E-state index is 0.0998. The second-order valence-electron chi connectivity index (χ2n) is 7.39. The molecule has 3 rings (SSSR count). The van der Waals surface area contributed by atoms with Crippen molar-refractivity contribution < 1.29 is 14.3 Å². The lowest BCUT2D eigenvalue weighted by Crippen LogP contribution is -2.38. The maximum absolute atomic E-state index is 13.1. The van der Waals surface area contributed by atoms with Gasteiger partial charge in [0.2, 0.25) is 5.91 Å². The fraction of sp³-hybridized carbons (Fsp3) is 0.500. The quantitative estimate of drug-likeness (QED) is 0.804. The number of nitrogens with zero attached hydrogens (tertiary/aromatic N) is 3. The fourth-order valence-corrected chi connectivity index (χ4v) is 3.40. The molecular weight excluding hydrogens is 346 g/mol. The van der Waals surface area contributed by atoms with E-state index in [1.807, 2.05) is 62.8 Å². The molecule has 0 N–H and O–H groups in total. The molecule has 0 aliphatic carbocycles. The van der Waals surface area contributed by atoms with E-state index in [1.165, 1.54) is 6.92 Å². The zero-order chi connectivity index (χ0) is 19.8. The lowest BCUT2D eigenvalue weighted by molar-refractivity contribution is -0.146. The average Bonchev–Trinajstić information content (AvgIpc) is 3.06. The van der Waals surface area contributed by atoms with Crippen LogP contribution in [0.4, 0.5) is 0 Å². The highest BCUT2D eigenvalue weighted by Gasteiger charge is 2.34. The van der Waals surface area contributed by atoms with Crippen molar-refractivity contribution in [1.82, 2.24) is 14.3 Å². The topological polar surface area (TPSA) is 65.7 Å². The van der Waals surface area contributed by atoms with Gasteiger partial charge in [-0.05, 0) is 32.9 Å². The Balaban J connectivity index is 1.87. The van der Waals surface area contributed by atoms with Crippen molar-refractivity contribution in [3.8, 4) is 5.69 Å². The summed E-state index contributed by atoms with van der Waals surface area (Å²) >= 11 is 0.